The molecule has 0 saturated carbocycles. The summed E-state index contributed by atoms with van der Waals surface area (Å²) in [6.07, 6.45) is 1.72. The Balaban J connectivity index is 2.39. The highest BCUT2D eigenvalue weighted by Crippen LogP contribution is 2.24. The van der Waals surface area contributed by atoms with Crippen LogP contribution in [-0.2, 0) is 32.6 Å². The van der Waals surface area contributed by atoms with E-state index in [0.29, 0.717) is 18.7 Å². The molecule has 1 atom stereocenters. The van der Waals surface area contributed by atoms with Crippen molar-refractivity contribution in [3.63, 3.8) is 0 Å². The van der Waals surface area contributed by atoms with E-state index in [1.165, 1.54) is 4.90 Å². The molecule has 2 amide bonds. The number of hydrogen-bond acceptors (Lipinski definition) is 4. The van der Waals surface area contributed by atoms with Gasteiger partial charge in [0, 0.05) is 13.1 Å². The van der Waals surface area contributed by atoms with Gasteiger partial charge in [-0.1, -0.05) is 68.8 Å². The number of aryl methyl sites for hydroxylation is 2. The van der Waals surface area contributed by atoms with Gasteiger partial charge in [0.1, 0.15) is 12.6 Å². The maximum absolute atomic E-state index is 13.6. The highest BCUT2D eigenvalue weighted by atomic mass is 32.2. The third kappa shape index (κ3) is 7.58. The number of para-hydroxylation sites is 1. The number of carbonyl (C=O) groups is 2. The van der Waals surface area contributed by atoms with Crippen LogP contribution in [0, 0.1) is 12.8 Å². The Hall–Kier alpha value is -2.87. The Morgan fingerprint density at radius 1 is 1.00 bits per heavy atom. The second-order valence-corrected chi connectivity index (χ2v) is 11.0. The standard InChI is InChI=1S/C26H37N3O4S/c1-7-23-10-8-9-11-24(23)29(34(6,32)33)18-25(30)28(17-22-14-12-20(4)13-15-22)21(5)26(31)27-16-19(2)3/h8-15,19,21H,7,16-18H2,1-6H3,(H,27,31)/t21-/m1/s1. The summed E-state index contributed by atoms with van der Waals surface area (Å²) in [6.45, 7) is 9.88. The smallest absolute Gasteiger partial charge is 0.244 e. The number of anilines is 1. The molecule has 0 fully saturated rings. The third-order valence-electron chi connectivity index (χ3n) is 5.65. The monoisotopic (exact) mass is 487 g/mol. The van der Waals surface area contributed by atoms with E-state index in [2.05, 4.69) is 5.32 Å². The minimum absolute atomic E-state index is 0.197. The summed E-state index contributed by atoms with van der Waals surface area (Å²) < 4.78 is 26.6. The molecule has 0 aliphatic rings. The number of sulfonamides is 1. The van der Waals surface area contributed by atoms with Gasteiger partial charge in [-0.2, -0.15) is 0 Å². The van der Waals surface area contributed by atoms with Crippen molar-refractivity contribution in [1.29, 1.82) is 0 Å². The van der Waals surface area contributed by atoms with E-state index in [1.807, 2.05) is 64.1 Å². The van der Waals surface area contributed by atoms with Crippen molar-refractivity contribution in [2.45, 2.75) is 53.6 Å². The van der Waals surface area contributed by atoms with Gasteiger partial charge in [-0.3, -0.25) is 13.9 Å². The lowest BCUT2D eigenvalue weighted by molar-refractivity contribution is -0.139. The average molecular weight is 488 g/mol. The number of hydrogen-bond donors (Lipinski definition) is 1. The second kappa shape index (κ2) is 12.0. The Kier molecular flexibility index (Phi) is 9.67. The molecule has 0 aliphatic carbocycles. The average Bonchev–Trinajstić information content (AvgIpc) is 2.79. The highest BCUT2D eigenvalue weighted by molar-refractivity contribution is 7.92. The molecular formula is C26H37N3O4S. The van der Waals surface area contributed by atoms with Gasteiger partial charge >= 0.3 is 0 Å². The minimum Gasteiger partial charge on any atom is -0.354 e. The maximum Gasteiger partial charge on any atom is 0.244 e. The zero-order valence-corrected chi connectivity index (χ0v) is 21.9. The first-order chi connectivity index (χ1) is 15.9. The van der Waals surface area contributed by atoms with Gasteiger partial charge in [-0.15, -0.1) is 0 Å². The molecule has 186 valence electrons. The van der Waals surface area contributed by atoms with E-state index in [0.717, 1.165) is 27.3 Å². The summed E-state index contributed by atoms with van der Waals surface area (Å²) >= 11 is 0. The molecule has 0 radical (unpaired) electrons. The van der Waals surface area contributed by atoms with E-state index in [1.54, 1.807) is 19.1 Å². The van der Waals surface area contributed by atoms with Crippen molar-refractivity contribution >= 4 is 27.5 Å². The van der Waals surface area contributed by atoms with Crippen LogP contribution in [0.5, 0.6) is 0 Å². The number of nitrogens with one attached hydrogen (secondary N) is 1. The van der Waals surface area contributed by atoms with E-state index >= 15 is 0 Å². The summed E-state index contributed by atoms with van der Waals surface area (Å²) in [5.41, 5.74) is 3.26. The normalized spacial score (nSPS) is 12.3. The Morgan fingerprint density at radius 3 is 2.18 bits per heavy atom. The van der Waals surface area contributed by atoms with Gasteiger partial charge in [0.2, 0.25) is 21.8 Å². The quantitative estimate of drug-likeness (QED) is 0.525. The Bertz CT molecular complexity index is 1080. The number of nitrogens with zero attached hydrogens (tertiary/aromatic N) is 2. The molecule has 8 heteroatoms. The zero-order chi connectivity index (χ0) is 25.5. The molecule has 1 N–H and O–H groups in total. The van der Waals surface area contributed by atoms with Crippen LogP contribution in [0.2, 0.25) is 0 Å². The molecule has 0 aromatic heterocycles. The van der Waals surface area contributed by atoms with Gasteiger partial charge in [0.05, 0.1) is 11.9 Å². The largest absolute Gasteiger partial charge is 0.354 e. The Labute approximate surface area is 204 Å². The topological polar surface area (TPSA) is 86.8 Å². The second-order valence-electron chi connectivity index (χ2n) is 9.07. The number of carbonyl (C=O) groups excluding carboxylic acids is 2. The van der Waals surface area contributed by atoms with Gasteiger partial charge in [-0.05, 0) is 43.4 Å². The summed E-state index contributed by atoms with van der Waals surface area (Å²) in [6, 6.07) is 14.1. The molecule has 0 saturated heterocycles. The van der Waals surface area contributed by atoms with Crippen molar-refractivity contribution in [2.75, 3.05) is 23.7 Å². The van der Waals surface area contributed by atoms with Crippen LogP contribution >= 0.6 is 0 Å². The third-order valence-corrected chi connectivity index (χ3v) is 6.77. The van der Waals surface area contributed by atoms with Crippen molar-refractivity contribution in [1.82, 2.24) is 10.2 Å². The SMILES string of the molecule is CCc1ccccc1N(CC(=O)N(Cc1ccc(C)cc1)[C@H](C)C(=O)NCC(C)C)S(C)(=O)=O. The molecule has 2 aromatic carbocycles. The number of benzene rings is 2. The lowest BCUT2D eigenvalue weighted by Gasteiger charge is -2.32. The molecule has 2 aromatic rings. The van der Waals surface area contributed by atoms with Crippen LogP contribution in [0.25, 0.3) is 0 Å². The lowest BCUT2D eigenvalue weighted by atomic mass is 10.1. The van der Waals surface area contributed by atoms with Gasteiger partial charge in [0.15, 0.2) is 0 Å². The van der Waals surface area contributed by atoms with Crippen LogP contribution in [0.4, 0.5) is 5.69 Å². The molecule has 0 heterocycles. The van der Waals surface area contributed by atoms with Crippen molar-refractivity contribution < 1.29 is 18.0 Å². The van der Waals surface area contributed by atoms with E-state index in [-0.39, 0.29) is 24.9 Å². The van der Waals surface area contributed by atoms with E-state index in [4.69, 9.17) is 0 Å². The molecular weight excluding hydrogens is 450 g/mol. The summed E-state index contributed by atoms with van der Waals surface area (Å²) in [4.78, 5) is 27.9. The van der Waals surface area contributed by atoms with E-state index in [9.17, 15) is 18.0 Å². The minimum atomic E-state index is -3.74. The first-order valence-electron chi connectivity index (χ1n) is 11.6. The summed E-state index contributed by atoms with van der Waals surface area (Å²) in [7, 11) is -3.74. The maximum atomic E-state index is 13.6. The van der Waals surface area contributed by atoms with Crippen molar-refractivity contribution in [3.05, 3.63) is 65.2 Å². The van der Waals surface area contributed by atoms with Crippen molar-refractivity contribution in [3.8, 4) is 0 Å². The predicted molar refractivity (Wildman–Crippen MR) is 137 cm³/mol. The fourth-order valence-corrected chi connectivity index (χ4v) is 4.45. The summed E-state index contributed by atoms with van der Waals surface area (Å²) in [5, 5.41) is 2.88. The predicted octanol–water partition coefficient (Wildman–Crippen LogP) is 3.51. The van der Waals surface area contributed by atoms with Crippen molar-refractivity contribution in [2.24, 2.45) is 5.92 Å². The van der Waals surface area contributed by atoms with Gasteiger partial charge in [0.25, 0.3) is 0 Å². The molecule has 2 rings (SSSR count). The van der Waals surface area contributed by atoms with Crippen LogP contribution in [-0.4, -0.2) is 50.5 Å². The van der Waals surface area contributed by atoms with Crippen LogP contribution < -0.4 is 9.62 Å². The molecule has 7 nitrogen and oxygen atoms in total. The van der Waals surface area contributed by atoms with Gasteiger partial charge < -0.3 is 10.2 Å². The molecule has 0 aliphatic heterocycles. The first kappa shape index (κ1) is 27.4. The van der Waals surface area contributed by atoms with Crippen LogP contribution in [0.15, 0.2) is 48.5 Å². The summed E-state index contributed by atoms with van der Waals surface area (Å²) in [5.74, 6) is -0.443. The Morgan fingerprint density at radius 2 is 1.62 bits per heavy atom. The number of amides is 2. The van der Waals surface area contributed by atoms with Crippen LogP contribution in [0.1, 0.15) is 44.4 Å². The molecule has 0 bridgehead atoms. The first-order valence-corrected chi connectivity index (χ1v) is 13.5. The molecule has 34 heavy (non-hydrogen) atoms. The number of rotatable bonds is 11. The zero-order valence-electron chi connectivity index (χ0n) is 21.0. The van der Waals surface area contributed by atoms with E-state index < -0.39 is 22.0 Å². The fourth-order valence-electron chi connectivity index (χ4n) is 3.57. The highest BCUT2D eigenvalue weighted by Gasteiger charge is 2.30. The van der Waals surface area contributed by atoms with Crippen LogP contribution in [0.3, 0.4) is 0 Å². The lowest BCUT2D eigenvalue weighted by Crippen LogP contribution is -2.51. The molecule has 0 unspecified atom stereocenters. The molecule has 0 spiro atoms. The van der Waals surface area contributed by atoms with Gasteiger partial charge in [-0.25, -0.2) is 8.42 Å². The fraction of sp³-hybridized carbons (Fsp3) is 0.462.